The van der Waals surface area contributed by atoms with Crippen molar-refractivity contribution in [2.45, 2.75) is 31.1 Å². The molecule has 2 aromatic carbocycles. The molecule has 3 aromatic rings. The largest absolute Gasteiger partial charge is 0.495 e. The van der Waals surface area contributed by atoms with Crippen molar-refractivity contribution in [1.82, 2.24) is 9.88 Å². The zero-order valence-corrected chi connectivity index (χ0v) is 24.2. The Labute approximate surface area is 233 Å². The molecule has 0 spiro atoms. The third-order valence-corrected chi connectivity index (χ3v) is 8.41. The number of benzene rings is 2. The molecule has 1 aliphatic rings. The molecule has 1 aromatic heterocycles. The zero-order chi connectivity index (χ0) is 25.3. The summed E-state index contributed by atoms with van der Waals surface area (Å²) in [5.41, 5.74) is 1.99. The van der Waals surface area contributed by atoms with E-state index >= 15 is 0 Å². The lowest BCUT2D eigenvalue weighted by molar-refractivity contribution is -0.118. The monoisotopic (exact) mass is 565 g/mol. The van der Waals surface area contributed by atoms with E-state index in [4.69, 9.17) is 19.2 Å². The normalized spacial score (nSPS) is 13.8. The molecule has 0 aliphatic carbocycles. The van der Waals surface area contributed by atoms with Gasteiger partial charge in [-0.1, -0.05) is 29.0 Å². The van der Waals surface area contributed by atoms with Crippen LogP contribution in [0.2, 0.25) is 0 Å². The number of carbonyl (C=O) groups excluding carboxylic acids is 1. The van der Waals surface area contributed by atoms with Crippen LogP contribution in [0.4, 0.5) is 5.13 Å². The lowest BCUT2D eigenvalue weighted by Gasteiger charge is -2.27. The Morgan fingerprint density at radius 3 is 2.49 bits per heavy atom. The zero-order valence-electron chi connectivity index (χ0n) is 21.7. The molecular formula is C27H36ClN3O4S2. The average Bonchev–Trinajstić information content (AvgIpc) is 3.35. The summed E-state index contributed by atoms with van der Waals surface area (Å²) >= 11 is 3.28. The molecule has 0 saturated carbocycles. The number of ether oxygens (including phenoxy) is 3. The number of fused-ring (bicyclic) bond motifs is 1. The highest BCUT2D eigenvalue weighted by atomic mass is 35.5. The smallest absolute Gasteiger partial charge is 0.228 e. The summed E-state index contributed by atoms with van der Waals surface area (Å²) < 4.78 is 17.5. The fourth-order valence-electron chi connectivity index (χ4n) is 4.18. The number of amides is 1. The van der Waals surface area contributed by atoms with Crippen LogP contribution < -0.4 is 14.4 Å². The molecule has 4 rings (SSSR count). The second-order valence-corrected chi connectivity index (χ2v) is 10.9. The van der Waals surface area contributed by atoms with Crippen molar-refractivity contribution in [2.24, 2.45) is 0 Å². The molecule has 0 bridgehead atoms. The summed E-state index contributed by atoms with van der Waals surface area (Å²) in [7, 11) is 3.29. The topological polar surface area (TPSA) is 64.1 Å². The number of methoxy groups -OCH3 is 2. The molecular weight excluding hydrogens is 530 g/mol. The van der Waals surface area contributed by atoms with Crippen molar-refractivity contribution in [1.29, 1.82) is 0 Å². The van der Waals surface area contributed by atoms with E-state index in [1.54, 1.807) is 26.0 Å². The van der Waals surface area contributed by atoms with Crippen molar-refractivity contribution in [3.63, 3.8) is 0 Å². The lowest BCUT2D eigenvalue weighted by atomic mass is 10.2. The van der Waals surface area contributed by atoms with E-state index in [1.807, 2.05) is 17.0 Å². The predicted octanol–water partition coefficient (Wildman–Crippen LogP) is 5.67. The highest BCUT2D eigenvalue weighted by Crippen LogP contribution is 2.40. The van der Waals surface area contributed by atoms with Crippen LogP contribution in [0.3, 0.4) is 0 Å². The Kier molecular flexibility index (Phi) is 11.8. The summed E-state index contributed by atoms with van der Waals surface area (Å²) in [6.45, 7) is 7.10. The first-order chi connectivity index (χ1) is 17.6. The van der Waals surface area contributed by atoms with Gasteiger partial charge in [-0.05, 0) is 49.8 Å². The van der Waals surface area contributed by atoms with Crippen LogP contribution >= 0.6 is 35.5 Å². The van der Waals surface area contributed by atoms with Crippen LogP contribution in [-0.2, 0) is 9.53 Å². The Balaban J connectivity index is 0.00000380. The van der Waals surface area contributed by atoms with E-state index in [0.29, 0.717) is 23.8 Å². The minimum Gasteiger partial charge on any atom is -0.495 e. The van der Waals surface area contributed by atoms with E-state index < -0.39 is 0 Å². The number of nitrogens with zero attached hydrogens (tertiary/aromatic N) is 3. The van der Waals surface area contributed by atoms with E-state index in [0.717, 1.165) is 67.4 Å². The number of anilines is 1. The number of morpholine rings is 1. The molecule has 2 heterocycles. The third-order valence-electron chi connectivity index (χ3n) is 6.22. The second kappa shape index (κ2) is 14.8. The molecule has 1 fully saturated rings. The number of thiazole rings is 1. The van der Waals surface area contributed by atoms with Gasteiger partial charge in [0.25, 0.3) is 0 Å². The Morgan fingerprint density at radius 2 is 1.78 bits per heavy atom. The molecule has 37 heavy (non-hydrogen) atoms. The number of aryl methyl sites for hydroxylation is 1. The van der Waals surface area contributed by atoms with E-state index in [1.165, 1.54) is 21.8 Å². The molecule has 7 nitrogen and oxygen atoms in total. The number of halogens is 1. The van der Waals surface area contributed by atoms with Gasteiger partial charge in [0, 0.05) is 37.5 Å². The summed E-state index contributed by atoms with van der Waals surface area (Å²) in [5, 5.41) is 0.700. The van der Waals surface area contributed by atoms with E-state index in [2.05, 4.69) is 36.1 Å². The van der Waals surface area contributed by atoms with Crippen molar-refractivity contribution in [2.75, 3.05) is 64.3 Å². The van der Waals surface area contributed by atoms with Gasteiger partial charge in [-0.25, -0.2) is 4.98 Å². The Hall–Kier alpha value is -2.04. The molecule has 1 saturated heterocycles. The number of rotatable bonds is 12. The summed E-state index contributed by atoms with van der Waals surface area (Å²) in [6, 6.07) is 12.3. The minimum atomic E-state index is 0. The summed E-state index contributed by atoms with van der Waals surface area (Å²) in [5.74, 6) is 2.43. The van der Waals surface area contributed by atoms with Crippen molar-refractivity contribution in [3.05, 3.63) is 42.0 Å². The number of hydrogen-bond donors (Lipinski definition) is 0. The second-order valence-electron chi connectivity index (χ2n) is 8.76. The van der Waals surface area contributed by atoms with Crippen LogP contribution in [-0.4, -0.2) is 75.2 Å². The predicted molar refractivity (Wildman–Crippen MR) is 155 cm³/mol. The minimum absolute atomic E-state index is 0. The van der Waals surface area contributed by atoms with Gasteiger partial charge in [-0.15, -0.1) is 24.2 Å². The van der Waals surface area contributed by atoms with Gasteiger partial charge in [-0.3, -0.25) is 14.6 Å². The SMILES string of the molecule is COc1ccc(OC)c2sc(N(CCCN3CCOCC3)C(=O)CCCSc3ccc(C)cc3)nc12.Cl. The maximum atomic E-state index is 13.5. The molecule has 0 N–H and O–H groups in total. The molecule has 0 radical (unpaired) electrons. The van der Waals surface area contributed by atoms with Gasteiger partial charge in [0.2, 0.25) is 5.91 Å². The first-order valence-electron chi connectivity index (χ1n) is 12.4. The first kappa shape index (κ1) is 29.5. The van der Waals surface area contributed by atoms with Gasteiger partial charge in [0.05, 0.1) is 27.4 Å². The van der Waals surface area contributed by atoms with E-state index in [-0.39, 0.29) is 18.3 Å². The fraction of sp³-hybridized carbons (Fsp3) is 0.481. The summed E-state index contributed by atoms with van der Waals surface area (Å²) in [4.78, 5) is 23.8. The number of hydrogen-bond acceptors (Lipinski definition) is 8. The quantitative estimate of drug-likeness (QED) is 0.207. The van der Waals surface area contributed by atoms with Gasteiger partial charge < -0.3 is 14.2 Å². The average molecular weight is 566 g/mol. The molecule has 1 amide bonds. The maximum Gasteiger partial charge on any atom is 0.228 e. The first-order valence-corrected chi connectivity index (χ1v) is 14.2. The molecule has 0 unspecified atom stereocenters. The Morgan fingerprint density at radius 1 is 1.08 bits per heavy atom. The van der Waals surface area contributed by atoms with Crippen LogP contribution in [0, 0.1) is 6.92 Å². The van der Waals surface area contributed by atoms with Crippen LogP contribution in [0.15, 0.2) is 41.3 Å². The number of carbonyl (C=O) groups is 1. The highest BCUT2D eigenvalue weighted by Gasteiger charge is 2.23. The lowest BCUT2D eigenvalue weighted by Crippen LogP contribution is -2.39. The number of aromatic nitrogens is 1. The molecule has 0 atom stereocenters. The van der Waals surface area contributed by atoms with Gasteiger partial charge in [0.1, 0.15) is 21.7 Å². The third kappa shape index (κ3) is 7.97. The molecule has 10 heteroatoms. The van der Waals surface area contributed by atoms with Crippen molar-refractivity contribution >= 4 is 56.8 Å². The van der Waals surface area contributed by atoms with Crippen LogP contribution in [0.25, 0.3) is 10.2 Å². The van der Waals surface area contributed by atoms with Gasteiger partial charge in [0.15, 0.2) is 5.13 Å². The van der Waals surface area contributed by atoms with Crippen LogP contribution in [0.1, 0.15) is 24.8 Å². The fourth-order valence-corrected chi connectivity index (χ4v) is 6.15. The summed E-state index contributed by atoms with van der Waals surface area (Å²) in [6.07, 6.45) is 2.18. The molecule has 202 valence electrons. The standard InChI is InChI=1S/C27H35N3O4S2.ClH/c1-20-7-9-21(10-8-20)35-19-4-6-24(31)30(14-5-13-29-15-17-34-18-16-29)27-28-25-22(32-2)11-12-23(33-3)26(25)36-27;/h7-12H,4-6,13-19H2,1-3H3;1H. The van der Waals surface area contributed by atoms with Crippen molar-refractivity contribution in [3.8, 4) is 11.5 Å². The van der Waals surface area contributed by atoms with Crippen LogP contribution in [0.5, 0.6) is 11.5 Å². The maximum absolute atomic E-state index is 13.5. The Bertz CT molecular complexity index is 1100. The molecule has 1 aliphatic heterocycles. The highest BCUT2D eigenvalue weighted by molar-refractivity contribution is 7.99. The van der Waals surface area contributed by atoms with E-state index in [9.17, 15) is 4.79 Å². The number of thioether (sulfide) groups is 1. The van der Waals surface area contributed by atoms with Crippen molar-refractivity contribution < 1.29 is 19.0 Å². The van der Waals surface area contributed by atoms with Gasteiger partial charge in [-0.2, -0.15) is 0 Å². The van der Waals surface area contributed by atoms with Gasteiger partial charge >= 0.3 is 0 Å².